The molecule has 192 valence electrons. The average molecular weight is 522 g/mol. The number of amides is 2. The van der Waals surface area contributed by atoms with E-state index in [1.54, 1.807) is 24.3 Å². The van der Waals surface area contributed by atoms with Crippen LogP contribution in [0.2, 0.25) is 5.02 Å². The summed E-state index contributed by atoms with van der Waals surface area (Å²) in [6.07, 6.45) is 5.18. The van der Waals surface area contributed by atoms with Gasteiger partial charge in [0.15, 0.2) is 0 Å². The van der Waals surface area contributed by atoms with Crippen molar-refractivity contribution in [2.24, 2.45) is 11.7 Å². The summed E-state index contributed by atoms with van der Waals surface area (Å²) in [6.45, 7) is 4.28. The number of piperazine rings is 1. The van der Waals surface area contributed by atoms with Gasteiger partial charge in [-0.05, 0) is 74.9 Å². The first-order valence-electron chi connectivity index (χ1n) is 12.9. The fourth-order valence-corrected chi connectivity index (χ4v) is 5.73. The van der Waals surface area contributed by atoms with Crippen molar-refractivity contribution >= 4 is 34.6 Å². The maximum Gasteiger partial charge on any atom is 0.267 e. The summed E-state index contributed by atoms with van der Waals surface area (Å²) in [5, 5.41) is 4.82. The van der Waals surface area contributed by atoms with Crippen LogP contribution in [-0.2, 0) is 4.79 Å². The molecule has 0 bridgehead atoms. The van der Waals surface area contributed by atoms with E-state index in [1.165, 1.54) is 16.2 Å². The molecule has 3 heterocycles. The van der Waals surface area contributed by atoms with Crippen molar-refractivity contribution in [1.82, 2.24) is 19.4 Å². The number of aromatic nitrogens is 2. The standard InChI is InChI=1S/C28H29ClFN5O2/c1-16-15-33(11-12-34(16)28(37)18-5-6-18)26(17-3-2-4-17)19-7-8-20(22(30)13-19)23-9-10-24-21(29)14-25(27(31)36)35(24)32-23/h7-10,13-14,16,18H,2-6,11-12,15H2,1H3,(H2,31,36). The van der Waals surface area contributed by atoms with Crippen LogP contribution in [-0.4, -0.2) is 56.9 Å². The predicted octanol–water partition coefficient (Wildman–Crippen LogP) is 4.73. The Morgan fingerprint density at radius 3 is 2.51 bits per heavy atom. The minimum atomic E-state index is -0.660. The second-order valence-electron chi connectivity index (χ2n) is 10.4. The maximum absolute atomic E-state index is 15.6. The lowest BCUT2D eigenvalue weighted by Crippen LogP contribution is -2.54. The number of rotatable bonds is 5. The SMILES string of the molecule is CC1CN(C(=C2CCC2)c2ccc(-c3ccc4c(Cl)cc(C(N)=O)n4n3)c(F)c2)CCN1C(=O)C1CC1. The van der Waals surface area contributed by atoms with Crippen molar-refractivity contribution in [3.8, 4) is 11.3 Å². The largest absolute Gasteiger partial charge is 0.367 e. The van der Waals surface area contributed by atoms with Gasteiger partial charge in [0.05, 0.1) is 16.2 Å². The number of hydrogen-bond donors (Lipinski definition) is 1. The van der Waals surface area contributed by atoms with Crippen LogP contribution in [0.5, 0.6) is 0 Å². The van der Waals surface area contributed by atoms with E-state index in [-0.39, 0.29) is 23.6 Å². The van der Waals surface area contributed by atoms with Crippen LogP contribution in [0.25, 0.3) is 22.5 Å². The number of halogens is 2. The molecule has 3 aliphatic rings. The molecule has 2 aliphatic carbocycles. The number of carbonyl (C=O) groups is 2. The first-order chi connectivity index (χ1) is 17.8. The number of benzene rings is 1. The molecule has 9 heteroatoms. The molecule has 7 nitrogen and oxygen atoms in total. The van der Waals surface area contributed by atoms with Gasteiger partial charge in [-0.2, -0.15) is 5.10 Å². The zero-order valence-corrected chi connectivity index (χ0v) is 21.5. The van der Waals surface area contributed by atoms with Crippen LogP contribution in [0.15, 0.2) is 42.0 Å². The van der Waals surface area contributed by atoms with E-state index in [1.807, 2.05) is 11.0 Å². The van der Waals surface area contributed by atoms with Crippen LogP contribution >= 0.6 is 11.6 Å². The van der Waals surface area contributed by atoms with E-state index in [0.717, 1.165) is 56.5 Å². The Bertz CT molecular complexity index is 1450. The van der Waals surface area contributed by atoms with Gasteiger partial charge in [0, 0.05) is 48.4 Å². The lowest BCUT2D eigenvalue weighted by Gasteiger charge is -2.43. The summed E-state index contributed by atoms with van der Waals surface area (Å²) >= 11 is 6.21. The third kappa shape index (κ3) is 4.27. The highest BCUT2D eigenvalue weighted by atomic mass is 35.5. The first-order valence-corrected chi connectivity index (χ1v) is 13.3. The number of primary amides is 1. The molecule has 2 saturated carbocycles. The topological polar surface area (TPSA) is 83.9 Å². The molecule has 0 radical (unpaired) electrons. The van der Waals surface area contributed by atoms with E-state index in [0.29, 0.717) is 28.3 Å². The van der Waals surface area contributed by atoms with Gasteiger partial charge in [-0.1, -0.05) is 17.7 Å². The van der Waals surface area contributed by atoms with Crippen LogP contribution in [0.1, 0.15) is 55.1 Å². The van der Waals surface area contributed by atoms with Crippen molar-refractivity contribution in [2.75, 3.05) is 19.6 Å². The lowest BCUT2D eigenvalue weighted by molar-refractivity contribution is -0.136. The zero-order valence-electron chi connectivity index (χ0n) is 20.7. The van der Waals surface area contributed by atoms with E-state index in [2.05, 4.69) is 16.9 Å². The summed E-state index contributed by atoms with van der Waals surface area (Å²) in [4.78, 5) is 28.9. The van der Waals surface area contributed by atoms with Crippen LogP contribution < -0.4 is 5.73 Å². The smallest absolute Gasteiger partial charge is 0.267 e. The van der Waals surface area contributed by atoms with Gasteiger partial charge in [-0.25, -0.2) is 8.91 Å². The summed E-state index contributed by atoms with van der Waals surface area (Å²) in [5.74, 6) is -0.550. The van der Waals surface area contributed by atoms with Crippen LogP contribution in [0.4, 0.5) is 4.39 Å². The van der Waals surface area contributed by atoms with Crippen LogP contribution in [0, 0.1) is 11.7 Å². The van der Waals surface area contributed by atoms with E-state index in [9.17, 15) is 9.59 Å². The minimum absolute atomic E-state index is 0.116. The number of allylic oxidation sites excluding steroid dienone is 1. The van der Waals surface area contributed by atoms with E-state index >= 15 is 4.39 Å². The maximum atomic E-state index is 15.6. The van der Waals surface area contributed by atoms with Crippen molar-refractivity contribution in [1.29, 1.82) is 0 Å². The predicted molar refractivity (Wildman–Crippen MR) is 140 cm³/mol. The minimum Gasteiger partial charge on any atom is -0.367 e. The molecule has 1 atom stereocenters. The van der Waals surface area contributed by atoms with Gasteiger partial charge >= 0.3 is 0 Å². The Kier molecular flexibility index (Phi) is 5.94. The van der Waals surface area contributed by atoms with Gasteiger partial charge in [0.25, 0.3) is 5.91 Å². The third-order valence-corrected chi connectivity index (χ3v) is 8.09. The normalized spacial score (nSPS) is 19.8. The molecule has 1 aliphatic heterocycles. The summed E-state index contributed by atoms with van der Waals surface area (Å²) in [6, 6.07) is 10.2. The first kappa shape index (κ1) is 24.0. The Morgan fingerprint density at radius 1 is 1.11 bits per heavy atom. The monoisotopic (exact) mass is 521 g/mol. The zero-order chi connectivity index (χ0) is 25.8. The number of fused-ring (bicyclic) bond motifs is 1. The fraction of sp³-hybridized carbons (Fsp3) is 0.393. The van der Waals surface area contributed by atoms with Gasteiger partial charge in [0.2, 0.25) is 5.91 Å². The Morgan fingerprint density at radius 2 is 1.89 bits per heavy atom. The van der Waals surface area contributed by atoms with Crippen molar-refractivity contribution in [3.05, 3.63) is 64.1 Å². The lowest BCUT2D eigenvalue weighted by atomic mass is 9.87. The van der Waals surface area contributed by atoms with E-state index < -0.39 is 11.7 Å². The number of nitrogens with zero attached hydrogens (tertiary/aromatic N) is 4. The third-order valence-electron chi connectivity index (χ3n) is 7.79. The van der Waals surface area contributed by atoms with E-state index in [4.69, 9.17) is 17.3 Å². The van der Waals surface area contributed by atoms with Crippen LogP contribution in [0.3, 0.4) is 0 Å². The summed E-state index contributed by atoms with van der Waals surface area (Å²) < 4.78 is 17.0. The van der Waals surface area contributed by atoms with Gasteiger partial charge in [-0.15, -0.1) is 0 Å². The second-order valence-corrected chi connectivity index (χ2v) is 10.8. The fourth-order valence-electron chi connectivity index (χ4n) is 5.49. The highest BCUT2D eigenvalue weighted by molar-refractivity contribution is 6.34. The number of hydrogen-bond acceptors (Lipinski definition) is 4. The molecule has 1 saturated heterocycles. The summed E-state index contributed by atoms with van der Waals surface area (Å²) in [5.41, 5.74) is 10.1. The van der Waals surface area contributed by atoms with Gasteiger partial charge in [-0.3, -0.25) is 9.59 Å². The molecule has 0 spiro atoms. The van der Waals surface area contributed by atoms with Crippen molar-refractivity contribution < 1.29 is 14.0 Å². The molecule has 2 aromatic heterocycles. The summed E-state index contributed by atoms with van der Waals surface area (Å²) in [7, 11) is 0. The molecule has 1 aromatic carbocycles. The quantitative estimate of drug-likeness (QED) is 0.526. The van der Waals surface area contributed by atoms with Gasteiger partial charge in [0.1, 0.15) is 11.5 Å². The Hall–Kier alpha value is -3.39. The molecule has 3 aromatic rings. The molecular formula is C28H29ClFN5O2. The molecule has 37 heavy (non-hydrogen) atoms. The van der Waals surface area contributed by atoms with Crippen molar-refractivity contribution in [3.63, 3.8) is 0 Å². The molecule has 2 amide bonds. The van der Waals surface area contributed by atoms with Crippen molar-refractivity contribution in [2.45, 2.75) is 45.1 Å². The number of nitrogens with two attached hydrogens (primary N) is 1. The Balaban J connectivity index is 1.31. The molecule has 6 rings (SSSR count). The highest BCUT2D eigenvalue weighted by Crippen LogP contribution is 2.39. The number of carbonyl (C=O) groups excluding carboxylic acids is 2. The second kappa shape index (κ2) is 9.17. The van der Waals surface area contributed by atoms with Gasteiger partial charge < -0.3 is 15.5 Å². The molecular weight excluding hydrogens is 493 g/mol. The molecule has 2 N–H and O–H groups in total. The highest BCUT2D eigenvalue weighted by Gasteiger charge is 2.38. The average Bonchev–Trinajstić information content (AvgIpc) is 3.64. The molecule has 1 unspecified atom stereocenters. The molecule has 3 fully saturated rings. The Labute approximate surface area is 219 Å².